The first-order valence-electron chi connectivity index (χ1n) is 3.80. The van der Waals surface area contributed by atoms with Crippen molar-refractivity contribution in [3.05, 3.63) is 0 Å². The summed E-state index contributed by atoms with van der Waals surface area (Å²) in [4.78, 5) is 10.9. The second-order valence-electron chi connectivity index (χ2n) is 3.33. The smallest absolute Gasteiger partial charge is 0.309 e. The molecule has 2 nitrogen and oxygen atoms in total. The molecule has 0 aromatic heterocycles. The molecule has 0 amide bonds. The molecule has 0 bridgehead atoms. The van der Waals surface area contributed by atoms with Gasteiger partial charge in [0.25, 0.3) is 0 Å². The summed E-state index contributed by atoms with van der Waals surface area (Å²) >= 11 is 0. The van der Waals surface area contributed by atoms with E-state index in [2.05, 4.69) is 0 Å². The molecule has 2 atom stereocenters. The molecule has 1 saturated heterocycles. The lowest BCUT2D eigenvalue weighted by Crippen LogP contribution is -2.21. The molecule has 58 valence electrons. The van der Waals surface area contributed by atoms with Crippen LogP contribution in [0.1, 0.15) is 33.6 Å². The lowest BCUT2D eigenvalue weighted by atomic mass is 9.95. The Labute approximate surface area is 61.6 Å². The molecule has 0 aromatic rings. The van der Waals surface area contributed by atoms with Crippen molar-refractivity contribution in [2.24, 2.45) is 5.92 Å². The normalized spacial score (nSPS) is 39.9. The minimum Gasteiger partial charge on any atom is -0.459 e. The number of hydrogen-bond donors (Lipinski definition) is 0. The molecule has 2 heteroatoms. The number of cyclic esters (lactones) is 1. The summed E-state index contributed by atoms with van der Waals surface area (Å²) in [5, 5.41) is 0. The number of carbonyl (C=O) groups is 1. The first-order valence-corrected chi connectivity index (χ1v) is 3.80. The van der Waals surface area contributed by atoms with Gasteiger partial charge in [0, 0.05) is 0 Å². The molecular formula is C8H14O2. The molecule has 1 heterocycles. The van der Waals surface area contributed by atoms with Crippen LogP contribution in [0.15, 0.2) is 0 Å². The van der Waals surface area contributed by atoms with E-state index in [1.54, 1.807) is 0 Å². The van der Waals surface area contributed by atoms with Gasteiger partial charge in [-0.2, -0.15) is 0 Å². The van der Waals surface area contributed by atoms with Gasteiger partial charge in [-0.3, -0.25) is 4.79 Å². The van der Waals surface area contributed by atoms with Gasteiger partial charge in [-0.05, 0) is 19.8 Å². The fourth-order valence-corrected chi connectivity index (χ4v) is 1.33. The van der Waals surface area contributed by atoms with Crippen molar-refractivity contribution in [3.63, 3.8) is 0 Å². The van der Waals surface area contributed by atoms with Gasteiger partial charge in [0.1, 0.15) is 5.60 Å². The molecule has 0 aliphatic carbocycles. The van der Waals surface area contributed by atoms with Gasteiger partial charge in [-0.15, -0.1) is 0 Å². The first-order chi connectivity index (χ1) is 4.57. The van der Waals surface area contributed by atoms with Gasteiger partial charge in [0.2, 0.25) is 0 Å². The number of ether oxygens (including phenoxy) is 1. The summed E-state index contributed by atoms with van der Waals surface area (Å²) in [6, 6.07) is 0. The highest BCUT2D eigenvalue weighted by atomic mass is 16.6. The van der Waals surface area contributed by atoms with E-state index in [1.165, 1.54) is 0 Å². The molecule has 10 heavy (non-hydrogen) atoms. The second kappa shape index (κ2) is 2.26. The van der Waals surface area contributed by atoms with Gasteiger partial charge in [0.15, 0.2) is 0 Å². The quantitative estimate of drug-likeness (QED) is 0.521. The summed E-state index contributed by atoms with van der Waals surface area (Å²) in [7, 11) is 0. The minimum absolute atomic E-state index is 0.0376. The fraction of sp³-hybridized carbons (Fsp3) is 0.875. The van der Waals surface area contributed by atoms with Crippen LogP contribution < -0.4 is 0 Å². The predicted octanol–water partition coefficient (Wildman–Crippen LogP) is 1.74. The van der Waals surface area contributed by atoms with Gasteiger partial charge in [-0.1, -0.05) is 13.8 Å². The highest BCUT2D eigenvalue weighted by Crippen LogP contribution is 2.32. The van der Waals surface area contributed by atoms with Crippen LogP contribution in [0.3, 0.4) is 0 Å². The van der Waals surface area contributed by atoms with E-state index in [9.17, 15) is 4.79 Å². The Balaban J connectivity index is 2.64. The number of carbonyl (C=O) groups excluding carboxylic acids is 1. The summed E-state index contributed by atoms with van der Waals surface area (Å²) in [5.74, 6) is 0.0642. The first kappa shape index (κ1) is 7.58. The Morgan fingerprint density at radius 3 is 2.60 bits per heavy atom. The van der Waals surface area contributed by atoms with Crippen molar-refractivity contribution < 1.29 is 9.53 Å². The highest BCUT2D eigenvalue weighted by molar-refractivity contribution is 5.74. The van der Waals surface area contributed by atoms with Crippen LogP contribution in [0.4, 0.5) is 0 Å². The number of esters is 1. The van der Waals surface area contributed by atoms with Crippen molar-refractivity contribution in [1.82, 2.24) is 0 Å². The lowest BCUT2D eigenvalue weighted by Gasteiger charge is -2.19. The topological polar surface area (TPSA) is 26.3 Å². The molecule has 1 rings (SSSR count). The largest absolute Gasteiger partial charge is 0.459 e. The van der Waals surface area contributed by atoms with Crippen LogP contribution in [-0.2, 0) is 9.53 Å². The summed E-state index contributed by atoms with van der Waals surface area (Å²) in [6.07, 6.45) is 1.80. The lowest BCUT2D eigenvalue weighted by molar-refractivity contribution is -0.149. The van der Waals surface area contributed by atoms with Gasteiger partial charge < -0.3 is 4.74 Å². The zero-order valence-electron chi connectivity index (χ0n) is 6.81. The van der Waals surface area contributed by atoms with Crippen molar-refractivity contribution in [3.8, 4) is 0 Å². The highest BCUT2D eigenvalue weighted by Gasteiger charge is 2.39. The molecule has 0 unspecified atom stereocenters. The maximum Gasteiger partial charge on any atom is 0.309 e. The van der Waals surface area contributed by atoms with Crippen LogP contribution in [0.25, 0.3) is 0 Å². The van der Waals surface area contributed by atoms with Crippen molar-refractivity contribution >= 4 is 5.97 Å². The Morgan fingerprint density at radius 2 is 2.40 bits per heavy atom. The molecule has 1 fully saturated rings. The molecule has 1 aliphatic rings. The Morgan fingerprint density at radius 1 is 1.80 bits per heavy atom. The third-order valence-electron chi connectivity index (χ3n) is 2.24. The third-order valence-corrected chi connectivity index (χ3v) is 2.24. The Bertz CT molecular complexity index is 153. The molecular weight excluding hydrogens is 128 g/mol. The number of hydrogen-bond acceptors (Lipinski definition) is 2. The molecule has 0 radical (unpaired) electrons. The molecule has 0 N–H and O–H groups in total. The maximum absolute atomic E-state index is 10.9. The van der Waals surface area contributed by atoms with Crippen LogP contribution in [0.2, 0.25) is 0 Å². The van der Waals surface area contributed by atoms with E-state index in [4.69, 9.17) is 4.74 Å². The zero-order chi connectivity index (χ0) is 7.78. The third kappa shape index (κ3) is 1.15. The summed E-state index contributed by atoms with van der Waals surface area (Å²) in [5.41, 5.74) is -0.170. The van der Waals surface area contributed by atoms with E-state index >= 15 is 0 Å². The molecule has 0 aromatic carbocycles. The monoisotopic (exact) mass is 142 g/mol. The van der Waals surface area contributed by atoms with Crippen LogP contribution in [0, 0.1) is 5.92 Å². The molecule has 0 spiro atoms. The van der Waals surface area contributed by atoms with E-state index in [0.717, 1.165) is 12.8 Å². The standard InChI is InChI=1S/C8H14O2/c1-4-8(3)5-6(2)7(9)10-8/h6H,4-5H2,1-3H3/t6-,8+/m0/s1. The molecule has 0 saturated carbocycles. The van der Waals surface area contributed by atoms with Crippen molar-refractivity contribution in [1.29, 1.82) is 0 Å². The Kier molecular flexibility index (Phi) is 1.71. The van der Waals surface area contributed by atoms with Crippen LogP contribution >= 0.6 is 0 Å². The SMILES string of the molecule is CC[C@]1(C)C[C@H](C)C(=O)O1. The van der Waals surface area contributed by atoms with E-state index < -0.39 is 0 Å². The van der Waals surface area contributed by atoms with Crippen LogP contribution in [0.5, 0.6) is 0 Å². The van der Waals surface area contributed by atoms with Gasteiger partial charge in [-0.25, -0.2) is 0 Å². The van der Waals surface area contributed by atoms with E-state index in [1.807, 2.05) is 20.8 Å². The average Bonchev–Trinajstić information content (AvgIpc) is 2.10. The second-order valence-corrected chi connectivity index (χ2v) is 3.33. The average molecular weight is 142 g/mol. The Hall–Kier alpha value is -0.530. The minimum atomic E-state index is -0.170. The van der Waals surface area contributed by atoms with E-state index in [-0.39, 0.29) is 17.5 Å². The van der Waals surface area contributed by atoms with E-state index in [0.29, 0.717) is 0 Å². The fourth-order valence-electron chi connectivity index (χ4n) is 1.33. The predicted molar refractivity (Wildman–Crippen MR) is 38.6 cm³/mol. The maximum atomic E-state index is 10.9. The zero-order valence-corrected chi connectivity index (χ0v) is 6.81. The molecule has 1 aliphatic heterocycles. The van der Waals surface area contributed by atoms with Gasteiger partial charge >= 0.3 is 5.97 Å². The van der Waals surface area contributed by atoms with Crippen molar-refractivity contribution in [2.45, 2.75) is 39.2 Å². The number of rotatable bonds is 1. The van der Waals surface area contributed by atoms with Crippen molar-refractivity contribution in [2.75, 3.05) is 0 Å². The van der Waals surface area contributed by atoms with Crippen LogP contribution in [-0.4, -0.2) is 11.6 Å². The summed E-state index contributed by atoms with van der Waals surface area (Å²) < 4.78 is 5.17. The van der Waals surface area contributed by atoms with Gasteiger partial charge in [0.05, 0.1) is 5.92 Å². The summed E-state index contributed by atoms with van der Waals surface area (Å²) in [6.45, 7) is 5.96.